The first-order valence-electron chi connectivity index (χ1n) is 8.87. The molecule has 0 radical (unpaired) electrons. The van der Waals surface area contributed by atoms with Crippen LogP contribution in [0.1, 0.15) is 5.56 Å². The van der Waals surface area contributed by atoms with Gasteiger partial charge in [-0.3, -0.25) is 9.59 Å². The van der Waals surface area contributed by atoms with Gasteiger partial charge in [0.15, 0.2) is 0 Å². The van der Waals surface area contributed by atoms with E-state index in [0.717, 1.165) is 18.9 Å². The summed E-state index contributed by atoms with van der Waals surface area (Å²) in [6.45, 7) is 0. The van der Waals surface area contributed by atoms with Gasteiger partial charge < -0.3 is 0 Å². The van der Waals surface area contributed by atoms with Crippen molar-refractivity contribution >= 4 is 57.9 Å². The second kappa shape index (κ2) is 8.00. The van der Waals surface area contributed by atoms with Crippen molar-refractivity contribution in [2.45, 2.75) is 0 Å². The van der Waals surface area contributed by atoms with E-state index in [9.17, 15) is 14.4 Å². The molecule has 0 spiro atoms. The number of barbiturate groups is 1. The molecule has 3 aromatic rings. The molecule has 0 aliphatic carbocycles. The molecule has 1 aliphatic rings. The molecule has 29 heavy (non-hydrogen) atoms. The number of para-hydroxylation sites is 2. The van der Waals surface area contributed by atoms with Gasteiger partial charge in [0.25, 0.3) is 11.8 Å². The summed E-state index contributed by atoms with van der Waals surface area (Å²) in [6.07, 6.45) is 1.55. The zero-order valence-electron chi connectivity index (χ0n) is 15.2. The number of amides is 4. The fourth-order valence-corrected chi connectivity index (χ4v) is 3.63. The van der Waals surface area contributed by atoms with Crippen molar-refractivity contribution in [3.05, 3.63) is 99.6 Å². The van der Waals surface area contributed by atoms with E-state index < -0.39 is 17.8 Å². The van der Waals surface area contributed by atoms with Crippen molar-refractivity contribution in [1.82, 2.24) is 0 Å². The van der Waals surface area contributed by atoms with E-state index in [-0.39, 0.29) is 5.57 Å². The molecule has 142 valence electrons. The monoisotopic (exact) mass is 494 g/mol. The van der Waals surface area contributed by atoms with Crippen LogP contribution in [-0.2, 0) is 9.59 Å². The number of anilines is 2. The number of benzene rings is 3. The van der Waals surface area contributed by atoms with E-state index in [0.29, 0.717) is 11.4 Å². The van der Waals surface area contributed by atoms with Gasteiger partial charge in [-0.25, -0.2) is 14.6 Å². The minimum atomic E-state index is -0.697. The fourth-order valence-electron chi connectivity index (χ4n) is 3.09. The van der Waals surface area contributed by atoms with Crippen LogP contribution < -0.4 is 9.80 Å². The summed E-state index contributed by atoms with van der Waals surface area (Å²) in [6, 6.07) is 23.9. The molecular weight excluding hydrogens is 479 g/mol. The summed E-state index contributed by atoms with van der Waals surface area (Å²) in [5.41, 5.74) is 1.48. The molecule has 3 aromatic carbocycles. The standard InChI is InChI=1S/C23H15IN2O3/c24-20-14-8-7-9-16(20)15-19-21(27)25(17-10-3-1-4-11-17)23(29)26(22(19)28)18-12-5-2-6-13-18/h1-15H. The Hall–Kier alpha value is -3.26. The van der Waals surface area contributed by atoms with Crippen molar-refractivity contribution in [3.63, 3.8) is 0 Å². The molecule has 0 aromatic heterocycles. The zero-order chi connectivity index (χ0) is 20.4. The minimum absolute atomic E-state index is 0.0681. The Kier molecular flexibility index (Phi) is 5.26. The topological polar surface area (TPSA) is 57.7 Å². The fraction of sp³-hybridized carbons (Fsp3) is 0. The van der Waals surface area contributed by atoms with Gasteiger partial charge in [0, 0.05) is 3.57 Å². The third-order valence-electron chi connectivity index (χ3n) is 4.48. The Bertz CT molecular complexity index is 1060. The van der Waals surface area contributed by atoms with E-state index >= 15 is 0 Å². The summed E-state index contributed by atoms with van der Waals surface area (Å²) >= 11 is 2.15. The number of urea groups is 1. The first-order chi connectivity index (χ1) is 14.1. The molecule has 4 amide bonds. The SMILES string of the molecule is O=C1C(=Cc2ccccc2I)C(=O)N(c2ccccc2)C(=O)N1c1ccccc1. The van der Waals surface area contributed by atoms with Crippen LogP contribution in [0, 0.1) is 3.57 Å². The van der Waals surface area contributed by atoms with Crippen LogP contribution in [-0.4, -0.2) is 17.8 Å². The van der Waals surface area contributed by atoms with Gasteiger partial charge in [0.05, 0.1) is 11.4 Å². The van der Waals surface area contributed by atoms with Crippen LogP contribution in [0.15, 0.2) is 90.5 Å². The molecule has 0 bridgehead atoms. The molecule has 0 unspecified atom stereocenters. The normalized spacial score (nSPS) is 14.4. The van der Waals surface area contributed by atoms with Gasteiger partial charge in [0.2, 0.25) is 0 Å². The first kappa shape index (κ1) is 19.1. The lowest BCUT2D eigenvalue weighted by Crippen LogP contribution is -2.57. The highest BCUT2D eigenvalue weighted by molar-refractivity contribution is 14.1. The highest BCUT2D eigenvalue weighted by Gasteiger charge is 2.43. The minimum Gasteiger partial charge on any atom is -0.268 e. The molecule has 0 saturated carbocycles. The Morgan fingerprint density at radius 3 is 1.55 bits per heavy atom. The number of rotatable bonds is 3. The number of nitrogens with zero attached hydrogens (tertiary/aromatic N) is 2. The van der Waals surface area contributed by atoms with E-state index in [1.54, 1.807) is 66.7 Å². The number of carbonyl (C=O) groups excluding carboxylic acids is 3. The molecule has 0 N–H and O–H groups in total. The number of hydrogen-bond donors (Lipinski definition) is 0. The Labute approximate surface area is 181 Å². The highest BCUT2D eigenvalue weighted by Crippen LogP contribution is 2.29. The Morgan fingerprint density at radius 2 is 1.07 bits per heavy atom. The quantitative estimate of drug-likeness (QED) is 0.297. The lowest BCUT2D eigenvalue weighted by atomic mass is 10.0. The van der Waals surface area contributed by atoms with Gasteiger partial charge in [-0.1, -0.05) is 54.6 Å². The van der Waals surface area contributed by atoms with Gasteiger partial charge in [-0.15, -0.1) is 0 Å². The Morgan fingerprint density at radius 1 is 0.621 bits per heavy atom. The van der Waals surface area contributed by atoms with Crippen LogP contribution >= 0.6 is 22.6 Å². The van der Waals surface area contributed by atoms with Crippen LogP contribution in [0.4, 0.5) is 16.2 Å². The van der Waals surface area contributed by atoms with Crippen molar-refractivity contribution in [2.75, 3.05) is 9.80 Å². The molecule has 1 fully saturated rings. The van der Waals surface area contributed by atoms with Crippen LogP contribution in [0.2, 0.25) is 0 Å². The van der Waals surface area contributed by atoms with Crippen molar-refractivity contribution in [1.29, 1.82) is 0 Å². The van der Waals surface area contributed by atoms with Crippen LogP contribution in [0.25, 0.3) is 6.08 Å². The lowest BCUT2D eigenvalue weighted by molar-refractivity contribution is -0.121. The van der Waals surface area contributed by atoms with Crippen molar-refractivity contribution in [2.24, 2.45) is 0 Å². The van der Waals surface area contributed by atoms with Gasteiger partial charge in [0.1, 0.15) is 5.57 Å². The molecule has 6 heteroatoms. The predicted octanol–water partition coefficient (Wildman–Crippen LogP) is 4.87. The van der Waals surface area contributed by atoms with E-state index in [2.05, 4.69) is 22.6 Å². The van der Waals surface area contributed by atoms with Crippen molar-refractivity contribution < 1.29 is 14.4 Å². The maximum Gasteiger partial charge on any atom is 0.343 e. The van der Waals surface area contributed by atoms with E-state index in [1.807, 2.05) is 24.3 Å². The molecular formula is C23H15IN2O3. The zero-order valence-corrected chi connectivity index (χ0v) is 17.3. The molecule has 1 aliphatic heterocycles. The maximum absolute atomic E-state index is 13.2. The summed E-state index contributed by atoms with van der Waals surface area (Å²) in [7, 11) is 0. The van der Waals surface area contributed by atoms with Crippen molar-refractivity contribution in [3.8, 4) is 0 Å². The van der Waals surface area contributed by atoms with E-state index in [1.165, 1.54) is 0 Å². The smallest absolute Gasteiger partial charge is 0.268 e. The third kappa shape index (κ3) is 3.58. The molecule has 0 atom stereocenters. The number of carbonyl (C=O) groups is 3. The van der Waals surface area contributed by atoms with Crippen LogP contribution in [0.3, 0.4) is 0 Å². The summed E-state index contributed by atoms with van der Waals surface area (Å²) < 4.78 is 0.896. The number of imide groups is 2. The number of hydrogen-bond acceptors (Lipinski definition) is 3. The molecule has 5 nitrogen and oxygen atoms in total. The molecule has 1 heterocycles. The predicted molar refractivity (Wildman–Crippen MR) is 120 cm³/mol. The average molecular weight is 494 g/mol. The maximum atomic E-state index is 13.2. The highest BCUT2D eigenvalue weighted by atomic mass is 127. The summed E-state index contributed by atoms with van der Waals surface area (Å²) in [5.74, 6) is -1.28. The number of halogens is 1. The largest absolute Gasteiger partial charge is 0.343 e. The second-order valence-electron chi connectivity index (χ2n) is 6.31. The van der Waals surface area contributed by atoms with Gasteiger partial charge >= 0.3 is 6.03 Å². The van der Waals surface area contributed by atoms with E-state index in [4.69, 9.17) is 0 Å². The average Bonchev–Trinajstić information content (AvgIpc) is 2.74. The second-order valence-corrected chi connectivity index (χ2v) is 7.48. The lowest BCUT2D eigenvalue weighted by Gasteiger charge is -2.34. The van der Waals surface area contributed by atoms with Gasteiger partial charge in [-0.05, 0) is 64.6 Å². The summed E-state index contributed by atoms with van der Waals surface area (Å²) in [4.78, 5) is 41.7. The first-order valence-corrected chi connectivity index (χ1v) is 9.95. The Balaban J connectivity index is 1.89. The molecule has 1 saturated heterocycles. The van der Waals surface area contributed by atoms with Crippen LogP contribution in [0.5, 0.6) is 0 Å². The third-order valence-corrected chi connectivity index (χ3v) is 5.47. The summed E-state index contributed by atoms with van der Waals surface area (Å²) in [5, 5.41) is 0. The molecule has 4 rings (SSSR count). The van der Waals surface area contributed by atoms with Gasteiger partial charge in [-0.2, -0.15) is 0 Å².